The van der Waals surface area contributed by atoms with Gasteiger partial charge in [-0.25, -0.2) is 0 Å². The van der Waals surface area contributed by atoms with Gasteiger partial charge in [-0.2, -0.15) is 0 Å². The molecule has 0 amide bonds. The molecule has 2 unspecified atom stereocenters. The first-order chi connectivity index (χ1) is 8.35. The summed E-state index contributed by atoms with van der Waals surface area (Å²) >= 11 is 0. The van der Waals surface area contributed by atoms with Crippen molar-refractivity contribution in [3.05, 3.63) is 31.4 Å². The smallest absolute Gasteiger partial charge is 0.122 e. The number of hydrogen-bond acceptors (Lipinski definition) is 4. The minimum Gasteiger partial charge on any atom is -0.490 e. The van der Waals surface area contributed by atoms with Crippen LogP contribution in [0, 0.1) is 7.11 Å². The summed E-state index contributed by atoms with van der Waals surface area (Å²) in [5, 5.41) is 0. The molecule has 2 heterocycles. The number of hydrogen-bond donors (Lipinski definition) is 0. The summed E-state index contributed by atoms with van der Waals surface area (Å²) in [7, 11) is 3.39. The maximum atomic E-state index is 5.29. The predicted octanol–water partition coefficient (Wildman–Crippen LogP) is 1.46. The van der Waals surface area contributed by atoms with Gasteiger partial charge in [0.2, 0.25) is 0 Å². The van der Waals surface area contributed by atoms with E-state index >= 15 is 0 Å². The minimum atomic E-state index is 0.387. The molecule has 0 bridgehead atoms. The van der Waals surface area contributed by atoms with Gasteiger partial charge in [-0.3, -0.25) is 0 Å². The molecular weight excluding hydrogens is 218 g/mol. The summed E-state index contributed by atoms with van der Waals surface area (Å²) in [6.07, 6.45) is 0.773. The highest BCUT2D eigenvalue weighted by Gasteiger charge is 2.30. The lowest BCUT2D eigenvalue weighted by molar-refractivity contribution is 0.389. The van der Waals surface area contributed by atoms with E-state index in [1.165, 1.54) is 5.69 Å². The third-order valence-corrected chi connectivity index (χ3v) is 3.02. The molecule has 2 aliphatic rings. The van der Waals surface area contributed by atoms with Gasteiger partial charge >= 0.3 is 0 Å². The molecule has 0 spiro atoms. The molecule has 2 saturated heterocycles. The summed E-state index contributed by atoms with van der Waals surface area (Å²) < 4.78 is 15.5. The average molecular weight is 234 g/mol. The lowest BCUT2D eigenvalue weighted by Crippen LogP contribution is -2.31. The third kappa shape index (κ3) is 2.90. The van der Waals surface area contributed by atoms with Gasteiger partial charge in [0.05, 0.1) is 25.4 Å². The topological polar surface area (TPSA) is 37.5 Å². The zero-order valence-electron chi connectivity index (χ0n) is 9.67. The van der Waals surface area contributed by atoms with Crippen molar-refractivity contribution in [2.75, 3.05) is 31.2 Å². The van der Waals surface area contributed by atoms with Gasteiger partial charge in [0, 0.05) is 18.8 Å². The highest BCUT2D eigenvalue weighted by atomic mass is 16.6. The first-order valence-corrected chi connectivity index (χ1v) is 5.85. The predicted molar refractivity (Wildman–Crippen MR) is 64.1 cm³/mol. The van der Waals surface area contributed by atoms with Crippen LogP contribution in [0.2, 0.25) is 0 Å². The molecule has 2 aliphatic heterocycles. The van der Waals surface area contributed by atoms with E-state index in [0.29, 0.717) is 12.2 Å². The molecule has 4 nitrogen and oxygen atoms in total. The van der Waals surface area contributed by atoms with Gasteiger partial charge in [0.25, 0.3) is 0 Å². The Bertz CT molecular complexity index is 357. The van der Waals surface area contributed by atoms with Crippen molar-refractivity contribution >= 4 is 5.69 Å². The largest absolute Gasteiger partial charge is 0.490 e. The summed E-state index contributed by atoms with van der Waals surface area (Å²) in [6, 6.07) is 7.95. The van der Waals surface area contributed by atoms with E-state index < -0.39 is 0 Å². The molecule has 0 saturated carbocycles. The Morgan fingerprint density at radius 1 is 1.12 bits per heavy atom. The number of epoxide rings is 2. The molecule has 2 fully saturated rings. The Morgan fingerprint density at radius 3 is 2.06 bits per heavy atom. The van der Waals surface area contributed by atoms with Crippen molar-refractivity contribution in [1.82, 2.24) is 0 Å². The molecule has 91 valence electrons. The SMILES string of the molecule is [CH2]Oc1ccc(N(CC2CO2)CC2CO2)cc1. The van der Waals surface area contributed by atoms with E-state index in [-0.39, 0.29) is 0 Å². The Kier molecular flexibility index (Phi) is 2.91. The lowest BCUT2D eigenvalue weighted by atomic mass is 10.2. The molecule has 1 radical (unpaired) electrons. The summed E-state index contributed by atoms with van der Waals surface area (Å²) in [5.74, 6) is 0.777. The van der Waals surface area contributed by atoms with Crippen molar-refractivity contribution in [2.45, 2.75) is 12.2 Å². The summed E-state index contributed by atoms with van der Waals surface area (Å²) in [5.41, 5.74) is 1.18. The highest BCUT2D eigenvalue weighted by molar-refractivity contribution is 5.49. The average Bonchev–Trinajstić information content (AvgIpc) is 3.23. The second kappa shape index (κ2) is 4.55. The molecule has 2 atom stereocenters. The van der Waals surface area contributed by atoms with E-state index in [4.69, 9.17) is 14.2 Å². The molecule has 4 heteroatoms. The Balaban J connectivity index is 1.69. The first-order valence-electron chi connectivity index (χ1n) is 5.85. The van der Waals surface area contributed by atoms with Gasteiger partial charge in [-0.1, -0.05) is 0 Å². The number of rotatable bonds is 6. The summed E-state index contributed by atoms with van der Waals surface area (Å²) in [4.78, 5) is 2.31. The standard InChI is InChI=1S/C13H16NO3/c1-15-11-4-2-10(3-5-11)14(6-12-8-16-12)7-13-9-17-13/h2-5,12-13H,1,6-9H2. The Hall–Kier alpha value is -1.26. The molecule has 0 aliphatic carbocycles. The monoisotopic (exact) mass is 234 g/mol. The third-order valence-electron chi connectivity index (χ3n) is 3.02. The molecule has 3 rings (SSSR count). The number of nitrogens with zero attached hydrogens (tertiary/aromatic N) is 1. The van der Waals surface area contributed by atoms with Crippen LogP contribution in [0.4, 0.5) is 5.69 Å². The molecule has 0 aromatic heterocycles. The van der Waals surface area contributed by atoms with Crippen molar-refractivity contribution in [3.63, 3.8) is 0 Å². The van der Waals surface area contributed by atoms with Crippen LogP contribution >= 0.6 is 0 Å². The summed E-state index contributed by atoms with van der Waals surface area (Å²) in [6.45, 7) is 3.62. The fourth-order valence-electron chi connectivity index (χ4n) is 1.88. The number of anilines is 1. The van der Waals surface area contributed by atoms with Gasteiger partial charge in [-0.05, 0) is 24.3 Å². The lowest BCUT2D eigenvalue weighted by Gasteiger charge is -2.23. The fraction of sp³-hybridized carbons (Fsp3) is 0.462. The van der Waals surface area contributed by atoms with Crippen molar-refractivity contribution in [3.8, 4) is 5.75 Å². The van der Waals surface area contributed by atoms with Crippen LogP contribution in [-0.4, -0.2) is 38.5 Å². The Morgan fingerprint density at radius 2 is 1.65 bits per heavy atom. The molecule has 0 N–H and O–H groups in total. The van der Waals surface area contributed by atoms with E-state index in [2.05, 4.69) is 12.0 Å². The van der Waals surface area contributed by atoms with Crippen LogP contribution in [0.25, 0.3) is 0 Å². The van der Waals surface area contributed by atoms with Gasteiger partial charge in [0.1, 0.15) is 12.9 Å². The van der Waals surface area contributed by atoms with Crippen LogP contribution in [-0.2, 0) is 9.47 Å². The van der Waals surface area contributed by atoms with Gasteiger partial charge < -0.3 is 19.1 Å². The zero-order valence-corrected chi connectivity index (χ0v) is 9.67. The maximum Gasteiger partial charge on any atom is 0.122 e. The van der Waals surface area contributed by atoms with Gasteiger partial charge in [0.15, 0.2) is 0 Å². The van der Waals surface area contributed by atoms with Crippen molar-refractivity contribution < 1.29 is 14.2 Å². The Labute approximate surface area is 101 Å². The number of ether oxygens (including phenoxy) is 3. The number of benzene rings is 1. The molecule has 17 heavy (non-hydrogen) atoms. The van der Waals surface area contributed by atoms with E-state index in [0.717, 1.165) is 32.1 Å². The zero-order chi connectivity index (χ0) is 11.7. The van der Waals surface area contributed by atoms with Crippen LogP contribution in [0.3, 0.4) is 0 Å². The van der Waals surface area contributed by atoms with Crippen LogP contribution in [0.15, 0.2) is 24.3 Å². The second-order valence-electron chi connectivity index (χ2n) is 4.45. The molecule has 1 aromatic rings. The second-order valence-corrected chi connectivity index (χ2v) is 4.45. The van der Waals surface area contributed by atoms with Gasteiger partial charge in [-0.15, -0.1) is 0 Å². The molecular formula is C13H16NO3. The maximum absolute atomic E-state index is 5.29. The quantitative estimate of drug-likeness (QED) is 0.698. The van der Waals surface area contributed by atoms with Crippen molar-refractivity contribution in [2.24, 2.45) is 0 Å². The molecule has 1 aromatic carbocycles. The normalized spacial score (nSPS) is 25.5. The van der Waals surface area contributed by atoms with E-state index in [9.17, 15) is 0 Å². The van der Waals surface area contributed by atoms with E-state index in [1.807, 2.05) is 24.3 Å². The minimum absolute atomic E-state index is 0.387. The fourth-order valence-corrected chi connectivity index (χ4v) is 1.88. The van der Waals surface area contributed by atoms with Crippen LogP contribution in [0.5, 0.6) is 5.75 Å². The first kappa shape index (κ1) is 10.9. The van der Waals surface area contributed by atoms with E-state index in [1.54, 1.807) is 0 Å². The van der Waals surface area contributed by atoms with Crippen molar-refractivity contribution in [1.29, 1.82) is 0 Å². The van der Waals surface area contributed by atoms with Crippen LogP contribution < -0.4 is 9.64 Å². The van der Waals surface area contributed by atoms with Crippen LogP contribution in [0.1, 0.15) is 0 Å². The highest BCUT2D eigenvalue weighted by Crippen LogP contribution is 2.24.